The molecule has 0 fully saturated rings. The van der Waals surface area contributed by atoms with E-state index in [9.17, 15) is 8.78 Å². The van der Waals surface area contributed by atoms with Crippen molar-refractivity contribution in [3.63, 3.8) is 0 Å². The van der Waals surface area contributed by atoms with Gasteiger partial charge in [0.15, 0.2) is 11.6 Å². The first-order valence-corrected chi connectivity index (χ1v) is 11.9. The number of benzene rings is 3. The van der Waals surface area contributed by atoms with Crippen LogP contribution in [0.2, 0.25) is 0 Å². The number of halogens is 2. The molecule has 0 saturated heterocycles. The smallest absolute Gasteiger partial charge is 0.154 e. The molecule has 3 aromatic rings. The van der Waals surface area contributed by atoms with E-state index in [2.05, 4.69) is 70.5 Å². The average Bonchev–Trinajstić information content (AvgIpc) is 3.25. The van der Waals surface area contributed by atoms with Crippen LogP contribution in [0, 0.1) is 23.5 Å². The number of aliphatic imine (C=N–C) groups is 1. The summed E-state index contributed by atoms with van der Waals surface area (Å²) < 4.78 is 28.0. The summed E-state index contributed by atoms with van der Waals surface area (Å²) in [6.07, 6.45) is 6.36. The van der Waals surface area contributed by atoms with Crippen LogP contribution in [0.4, 0.5) is 25.8 Å². The first-order valence-electron chi connectivity index (χ1n) is 11.5. The summed E-state index contributed by atoms with van der Waals surface area (Å²) in [5.41, 5.74) is 7.16. The maximum atomic E-state index is 14.0. The molecule has 0 saturated carbocycles. The van der Waals surface area contributed by atoms with Gasteiger partial charge in [-0.3, -0.25) is 0 Å². The van der Waals surface area contributed by atoms with Crippen molar-refractivity contribution < 1.29 is 8.78 Å². The zero-order chi connectivity index (χ0) is 24.8. The van der Waals surface area contributed by atoms with Gasteiger partial charge in [0.2, 0.25) is 0 Å². The maximum Gasteiger partial charge on any atom is 0.154 e. The fourth-order valence-electron chi connectivity index (χ4n) is 4.05. The lowest BCUT2D eigenvalue weighted by Crippen LogP contribution is -1.88. The summed E-state index contributed by atoms with van der Waals surface area (Å²) in [6.45, 7) is 4.24. The molecular formula is C29H23F2N3S. The number of hydrogen-bond acceptors (Lipinski definition) is 4. The molecule has 3 nitrogen and oxygen atoms in total. The summed E-state index contributed by atoms with van der Waals surface area (Å²) in [6, 6.07) is 14.1. The number of isothiocyanates is 1. The number of aryl methyl sites for hydroxylation is 1. The van der Waals surface area contributed by atoms with Crippen molar-refractivity contribution in [1.82, 2.24) is 0 Å². The molecule has 3 aromatic carbocycles. The summed E-state index contributed by atoms with van der Waals surface area (Å²) in [7, 11) is 0. The minimum absolute atomic E-state index is 0.0402. The molecule has 1 aliphatic carbocycles. The van der Waals surface area contributed by atoms with Gasteiger partial charge in [-0.05, 0) is 78.5 Å². The van der Waals surface area contributed by atoms with Gasteiger partial charge in [0.1, 0.15) is 5.69 Å². The molecular weight excluding hydrogens is 460 g/mol. The van der Waals surface area contributed by atoms with E-state index in [0.29, 0.717) is 5.69 Å². The van der Waals surface area contributed by atoms with E-state index in [1.807, 2.05) is 24.2 Å². The van der Waals surface area contributed by atoms with Crippen molar-refractivity contribution in [3.05, 3.63) is 93.6 Å². The van der Waals surface area contributed by atoms with Crippen LogP contribution in [0.15, 0.2) is 69.3 Å². The Hall–Kier alpha value is -3.78. The highest BCUT2D eigenvalue weighted by atomic mass is 32.1. The molecule has 0 N–H and O–H groups in total. The van der Waals surface area contributed by atoms with Crippen molar-refractivity contribution in [2.45, 2.75) is 39.5 Å². The van der Waals surface area contributed by atoms with Gasteiger partial charge in [0, 0.05) is 23.3 Å². The molecule has 0 aromatic heterocycles. The van der Waals surface area contributed by atoms with Gasteiger partial charge in [-0.1, -0.05) is 49.8 Å². The number of nitrogens with zero attached hydrogens (tertiary/aromatic N) is 3. The molecule has 35 heavy (non-hydrogen) atoms. The van der Waals surface area contributed by atoms with E-state index < -0.39 is 17.3 Å². The molecule has 0 radical (unpaired) electrons. The van der Waals surface area contributed by atoms with Crippen LogP contribution in [0.25, 0.3) is 6.08 Å². The molecule has 0 unspecified atom stereocenters. The van der Waals surface area contributed by atoms with Crippen LogP contribution in [-0.4, -0.2) is 5.16 Å². The van der Waals surface area contributed by atoms with E-state index >= 15 is 0 Å². The Morgan fingerprint density at radius 3 is 2.40 bits per heavy atom. The standard InChI is InChI=1S/C29H23F2N3S/c1-3-5-20-13-23-9-7-19(12-24(23)14-20)6-8-22-10-11-25(15-21(22)4-2)33-34-26-16-27(30)29(32-18-35)28(31)17-26/h7,9-13,15-17H,3-5,14H2,1-2H3. The third-order valence-corrected chi connectivity index (χ3v) is 5.83. The second-order valence-electron chi connectivity index (χ2n) is 8.25. The molecule has 0 amide bonds. The molecule has 6 heteroatoms. The first kappa shape index (κ1) is 24.3. The predicted molar refractivity (Wildman–Crippen MR) is 140 cm³/mol. The van der Waals surface area contributed by atoms with Gasteiger partial charge >= 0.3 is 0 Å². The zero-order valence-corrected chi connectivity index (χ0v) is 20.3. The number of fused-ring (bicyclic) bond motifs is 1. The summed E-state index contributed by atoms with van der Waals surface area (Å²) in [5.74, 6) is 4.81. The first-order chi connectivity index (χ1) is 17.0. The molecule has 174 valence electrons. The van der Waals surface area contributed by atoms with Gasteiger partial charge in [-0.25, -0.2) is 8.78 Å². The highest BCUT2D eigenvalue weighted by molar-refractivity contribution is 7.78. The van der Waals surface area contributed by atoms with Gasteiger partial charge < -0.3 is 0 Å². The van der Waals surface area contributed by atoms with Crippen molar-refractivity contribution in [1.29, 1.82) is 0 Å². The number of allylic oxidation sites excluding steroid dienone is 1. The SMILES string of the molecule is CCCC1=Cc2ccc(C#Cc3ccc(N=Nc4cc(F)c(N=C=S)c(F)c4)cc3CC)cc2C1. The second kappa shape index (κ2) is 11.1. The monoisotopic (exact) mass is 483 g/mol. The lowest BCUT2D eigenvalue weighted by Gasteiger charge is -2.03. The molecule has 1 aliphatic rings. The fraction of sp³-hybridized carbons (Fsp3) is 0.207. The van der Waals surface area contributed by atoms with Crippen LogP contribution < -0.4 is 0 Å². The topological polar surface area (TPSA) is 37.1 Å². The summed E-state index contributed by atoms with van der Waals surface area (Å²) in [5, 5.41) is 10.1. The Bertz CT molecular complexity index is 1430. The Labute approximate surface area is 209 Å². The Morgan fingerprint density at radius 1 is 0.914 bits per heavy atom. The number of azo groups is 1. The molecule has 0 spiro atoms. The lowest BCUT2D eigenvalue weighted by molar-refractivity contribution is 0.588. The molecule has 4 rings (SSSR count). The highest BCUT2D eigenvalue weighted by Crippen LogP contribution is 2.30. The minimum atomic E-state index is -0.875. The predicted octanol–water partition coefficient (Wildman–Crippen LogP) is 8.82. The van der Waals surface area contributed by atoms with Crippen LogP contribution in [-0.2, 0) is 12.8 Å². The summed E-state index contributed by atoms with van der Waals surface area (Å²) in [4.78, 5) is 3.39. The molecule has 0 bridgehead atoms. The Balaban J connectivity index is 1.52. The van der Waals surface area contributed by atoms with Gasteiger partial charge in [0.25, 0.3) is 0 Å². The highest BCUT2D eigenvalue weighted by Gasteiger charge is 2.12. The average molecular weight is 484 g/mol. The van der Waals surface area contributed by atoms with Crippen LogP contribution in [0.5, 0.6) is 0 Å². The minimum Gasteiger partial charge on any atom is -0.204 e. The quantitative estimate of drug-likeness (QED) is 0.149. The fourth-order valence-corrected chi connectivity index (χ4v) is 4.14. The molecule has 0 atom stereocenters. The van der Waals surface area contributed by atoms with Crippen LogP contribution >= 0.6 is 12.2 Å². The Morgan fingerprint density at radius 2 is 1.69 bits per heavy atom. The van der Waals surface area contributed by atoms with E-state index in [4.69, 9.17) is 0 Å². The van der Waals surface area contributed by atoms with Gasteiger partial charge in [-0.2, -0.15) is 15.2 Å². The third kappa shape index (κ3) is 5.84. The van der Waals surface area contributed by atoms with Gasteiger partial charge in [-0.15, -0.1) is 0 Å². The van der Waals surface area contributed by atoms with Crippen molar-refractivity contribution >= 4 is 40.5 Å². The zero-order valence-electron chi connectivity index (χ0n) is 19.5. The van der Waals surface area contributed by atoms with Crippen LogP contribution in [0.1, 0.15) is 54.5 Å². The number of thiocarbonyl (C=S) groups is 1. The lowest BCUT2D eigenvalue weighted by atomic mass is 10.0. The van der Waals surface area contributed by atoms with E-state index in [-0.39, 0.29) is 5.69 Å². The van der Waals surface area contributed by atoms with E-state index in [1.54, 1.807) is 6.07 Å². The second-order valence-corrected chi connectivity index (χ2v) is 8.43. The van der Waals surface area contributed by atoms with E-state index in [1.165, 1.54) is 16.7 Å². The summed E-state index contributed by atoms with van der Waals surface area (Å²) >= 11 is 4.41. The normalized spacial score (nSPS) is 12.1. The Kier molecular flexibility index (Phi) is 7.72. The largest absolute Gasteiger partial charge is 0.204 e. The molecule has 0 heterocycles. The molecule has 0 aliphatic heterocycles. The number of hydrogen-bond donors (Lipinski definition) is 0. The van der Waals surface area contributed by atoms with Crippen molar-refractivity contribution in [2.75, 3.05) is 0 Å². The third-order valence-electron chi connectivity index (χ3n) is 5.74. The number of rotatable bonds is 6. The maximum absolute atomic E-state index is 14.0. The van der Waals surface area contributed by atoms with Crippen LogP contribution in [0.3, 0.4) is 0 Å². The van der Waals surface area contributed by atoms with E-state index in [0.717, 1.165) is 54.5 Å². The van der Waals surface area contributed by atoms with Crippen molar-refractivity contribution in [2.24, 2.45) is 15.2 Å². The van der Waals surface area contributed by atoms with Gasteiger partial charge in [0.05, 0.1) is 16.5 Å². The van der Waals surface area contributed by atoms with Crippen molar-refractivity contribution in [3.8, 4) is 11.8 Å².